The molecule has 1 atom stereocenters. The van der Waals surface area contributed by atoms with Crippen LogP contribution in [0.3, 0.4) is 0 Å². The van der Waals surface area contributed by atoms with Gasteiger partial charge >= 0.3 is 18.0 Å². The van der Waals surface area contributed by atoms with Gasteiger partial charge in [-0.1, -0.05) is 11.6 Å². The third kappa shape index (κ3) is 5.75. The molecule has 1 N–H and O–H groups in total. The van der Waals surface area contributed by atoms with Gasteiger partial charge in [0, 0.05) is 16.7 Å². The van der Waals surface area contributed by atoms with Crippen LogP contribution in [0.5, 0.6) is 11.5 Å². The predicted molar refractivity (Wildman–Crippen MR) is 122 cm³/mol. The van der Waals surface area contributed by atoms with Crippen LogP contribution in [0, 0.1) is 0 Å². The first kappa shape index (κ1) is 25.6. The lowest BCUT2D eigenvalue weighted by molar-refractivity contribution is -0.150. The number of urea groups is 1. The van der Waals surface area contributed by atoms with E-state index in [-0.39, 0.29) is 52.5 Å². The minimum Gasteiger partial charge on any atom is -0.493 e. The maximum atomic E-state index is 12.9. The summed E-state index contributed by atoms with van der Waals surface area (Å²) in [6, 6.07) is 5.10. The molecule has 0 saturated carbocycles. The van der Waals surface area contributed by atoms with Crippen molar-refractivity contribution in [3.05, 3.63) is 52.1 Å². The van der Waals surface area contributed by atoms with Crippen LogP contribution in [0.2, 0.25) is 5.02 Å². The summed E-state index contributed by atoms with van der Waals surface area (Å²) in [5.74, 6) is -1.47. The van der Waals surface area contributed by atoms with E-state index in [0.29, 0.717) is 0 Å². The number of ether oxygens (including phenoxy) is 4. The van der Waals surface area contributed by atoms with E-state index in [1.165, 1.54) is 51.5 Å². The van der Waals surface area contributed by atoms with E-state index < -0.39 is 30.0 Å². The maximum Gasteiger partial charge on any atom is 0.373 e. The fourth-order valence-corrected chi connectivity index (χ4v) is 3.37. The second-order valence-corrected chi connectivity index (χ2v) is 7.61. The first-order valence-electron chi connectivity index (χ1n) is 10.4. The smallest absolute Gasteiger partial charge is 0.373 e. The number of carbonyl (C=O) groups is 4. The monoisotopic (exact) mass is 506 g/mol. The van der Waals surface area contributed by atoms with Gasteiger partial charge in [0.1, 0.15) is 11.5 Å². The first-order chi connectivity index (χ1) is 16.7. The zero-order valence-corrected chi connectivity index (χ0v) is 20.1. The summed E-state index contributed by atoms with van der Waals surface area (Å²) in [5, 5.41) is 2.75. The molecule has 1 aliphatic rings. The minimum absolute atomic E-state index is 0.0612. The van der Waals surface area contributed by atoms with Crippen molar-refractivity contribution in [1.82, 2.24) is 10.2 Å². The molecule has 2 aromatic rings. The fraction of sp³-hybridized carbons (Fsp3) is 0.304. The number of hydrogen-bond acceptors (Lipinski definition) is 9. The molecule has 12 heteroatoms. The maximum absolute atomic E-state index is 12.9. The minimum atomic E-state index is -0.990. The van der Waals surface area contributed by atoms with Gasteiger partial charge in [0.05, 0.1) is 27.4 Å². The summed E-state index contributed by atoms with van der Waals surface area (Å²) >= 11 is 6.19. The molecule has 11 nitrogen and oxygen atoms in total. The number of methoxy groups -OCH3 is 2. The van der Waals surface area contributed by atoms with Gasteiger partial charge in [0.25, 0.3) is 5.91 Å². The largest absolute Gasteiger partial charge is 0.493 e. The third-order valence-electron chi connectivity index (χ3n) is 4.81. The standard InChI is InChI=1S/C23H23ClN2O9/c1-5-33-21(28)12(2)34-19-13(8-14(24)10-18(19)31-3)9-16-20(27)26(23(30)25-16)11-15-6-7-17(35-15)22(29)32-4/h6-10,12H,5,11H2,1-4H3,(H,25,30)/b16-9+/t12-/m0/s1. The summed E-state index contributed by atoms with van der Waals surface area (Å²) in [6.07, 6.45) is 0.361. The second-order valence-electron chi connectivity index (χ2n) is 7.18. The Bertz CT molecular complexity index is 1190. The highest BCUT2D eigenvalue weighted by molar-refractivity contribution is 6.31. The Morgan fingerprint density at radius 2 is 1.97 bits per heavy atom. The van der Waals surface area contributed by atoms with E-state index in [1.807, 2.05) is 0 Å². The van der Waals surface area contributed by atoms with Gasteiger partial charge in [0.15, 0.2) is 17.6 Å². The molecule has 0 aliphatic carbocycles. The van der Waals surface area contributed by atoms with E-state index in [1.54, 1.807) is 6.92 Å². The molecule has 35 heavy (non-hydrogen) atoms. The number of nitrogens with one attached hydrogen (secondary N) is 1. The molecule has 3 amide bonds. The number of benzene rings is 1. The molecule has 1 saturated heterocycles. The van der Waals surface area contributed by atoms with Crippen molar-refractivity contribution in [2.45, 2.75) is 26.5 Å². The number of esters is 2. The lowest BCUT2D eigenvalue weighted by atomic mass is 10.1. The molecule has 1 aromatic heterocycles. The number of furan rings is 1. The van der Waals surface area contributed by atoms with E-state index >= 15 is 0 Å². The number of hydrogen-bond donors (Lipinski definition) is 1. The second kappa shape index (κ2) is 11.0. The number of rotatable bonds is 9. The molecule has 3 rings (SSSR count). The molecule has 0 bridgehead atoms. The van der Waals surface area contributed by atoms with Crippen LogP contribution in [-0.4, -0.2) is 55.7 Å². The van der Waals surface area contributed by atoms with Crippen molar-refractivity contribution < 1.29 is 42.5 Å². The number of amides is 3. The van der Waals surface area contributed by atoms with Crippen molar-refractivity contribution in [1.29, 1.82) is 0 Å². The van der Waals surface area contributed by atoms with Gasteiger partial charge < -0.3 is 28.7 Å². The summed E-state index contributed by atoms with van der Waals surface area (Å²) in [7, 11) is 2.59. The third-order valence-corrected chi connectivity index (χ3v) is 5.02. The number of nitrogens with zero attached hydrogens (tertiary/aromatic N) is 1. The highest BCUT2D eigenvalue weighted by Crippen LogP contribution is 2.37. The van der Waals surface area contributed by atoms with Gasteiger partial charge in [0.2, 0.25) is 5.76 Å². The molecule has 2 heterocycles. The van der Waals surface area contributed by atoms with Crippen molar-refractivity contribution in [2.75, 3.05) is 20.8 Å². The Kier molecular flexibility index (Phi) is 8.02. The summed E-state index contributed by atoms with van der Waals surface area (Å²) in [6.45, 7) is 3.12. The molecule has 0 radical (unpaired) electrons. The Morgan fingerprint density at radius 3 is 2.63 bits per heavy atom. The average molecular weight is 507 g/mol. The quantitative estimate of drug-likeness (QED) is 0.309. The Labute approximate surface area is 205 Å². The van der Waals surface area contributed by atoms with Crippen LogP contribution in [0.4, 0.5) is 4.79 Å². The number of carbonyl (C=O) groups excluding carboxylic acids is 4. The van der Waals surface area contributed by atoms with E-state index in [9.17, 15) is 19.2 Å². The van der Waals surface area contributed by atoms with E-state index in [4.69, 9.17) is 30.2 Å². The average Bonchev–Trinajstić information content (AvgIpc) is 3.40. The zero-order chi connectivity index (χ0) is 25.7. The van der Waals surface area contributed by atoms with Crippen LogP contribution < -0.4 is 14.8 Å². The Balaban J connectivity index is 1.89. The molecular formula is C23H23ClN2O9. The van der Waals surface area contributed by atoms with Crippen molar-refractivity contribution >= 4 is 41.6 Å². The highest BCUT2D eigenvalue weighted by atomic mass is 35.5. The normalized spacial score (nSPS) is 15.1. The van der Waals surface area contributed by atoms with Crippen LogP contribution >= 0.6 is 11.6 Å². The first-order valence-corrected chi connectivity index (χ1v) is 10.8. The SMILES string of the molecule is CCOC(=O)[C@H](C)Oc1c(/C=C2/NC(=O)N(Cc3ccc(C(=O)OC)o3)C2=O)cc(Cl)cc1OC. The number of halogens is 1. The Hall–Kier alpha value is -3.99. The van der Waals surface area contributed by atoms with Gasteiger partial charge in [-0.25, -0.2) is 14.4 Å². The van der Waals surface area contributed by atoms with Gasteiger partial charge in [-0.15, -0.1) is 0 Å². The molecule has 1 fully saturated rings. The summed E-state index contributed by atoms with van der Waals surface area (Å²) in [4.78, 5) is 50.0. The van der Waals surface area contributed by atoms with E-state index in [2.05, 4.69) is 10.1 Å². The molecular weight excluding hydrogens is 484 g/mol. The van der Waals surface area contributed by atoms with E-state index in [0.717, 1.165) is 4.90 Å². The molecule has 1 aliphatic heterocycles. The Morgan fingerprint density at radius 1 is 1.23 bits per heavy atom. The summed E-state index contributed by atoms with van der Waals surface area (Å²) in [5.41, 5.74) is 0.203. The molecule has 0 unspecified atom stereocenters. The molecule has 186 valence electrons. The van der Waals surface area contributed by atoms with Crippen molar-refractivity contribution in [3.63, 3.8) is 0 Å². The van der Waals surface area contributed by atoms with Gasteiger partial charge in [-0.3, -0.25) is 9.69 Å². The lowest BCUT2D eigenvalue weighted by Gasteiger charge is -2.18. The predicted octanol–water partition coefficient (Wildman–Crippen LogP) is 3.15. The topological polar surface area (TPSA) is 134 Å². The van der Waals surface area contributed by atoms with Crippen LogP contribution in [0.1, 0.15) is 35.7 Å². The molecule has 0 spiro atoms. The van der Waals surface area contributed by atoms with Crippen LogP contribution in [-0.2, 0) is 25.6 Å². The van der Waals surface area contributed by atoms with Crippen LogP contribution in [0.15, 0.2) is 34.4 Å². The lowest BCUT2D eigenvalue weighted by Crippen LogP contribution is -2.30. The number of imide groups is 1. The van der Waals surface area contributed by atoms with Crippen LogP contribution in [0.25, 0.3) is 6.08 Å². The van der Waals surface area contributed by atoms with Gasteiger partial charge in [-0.05, 0) is 38.1 Å². The fourth-order valence-electron chi connectivity index (χ4n) is 3.16. The van der Waals surface area contributed by atoms with Crippen molar-refractivity contribution in [3.8, 4) is 11.5 Å². The zero-order valence-electron chi connectivity index (χ0n) is 19.4. The van der Waals surface area contributed by atoms with Gasteiger partial charge in [-0.2, -0.15) is 0 Å². The van der Waals surface area contributed by atoms with Crippen molar-refractivity contribution in [2.24, 2.45) is 0 Å². The summed E-state index contributed by atoms with van der Waals surface area (Å²) < 4.78 is 26.0. The highest BCUT2D eigenvalue weighted by Gasteiger charge is 2.35. The molecule has 1 aromatic carbocycles.